The number of amides is 3. The molecule has 0 spiro atoms. The van der Waals surface area contributed by atoms with E-state index in [1.807, 2.05) is 62.9 Å². The van der Waals surface area contributed by atoms with E-state index in [4.69, 9.17) is 28.7 Å². The number of nitro benzene ring substituents is 1. The summed E-state index contributed by atoms with van der Waals surface area (Å²) in [7, 11) is 0. The first-order chi connectivity index (χ1) is 51.8. The number of aromatic nitrogens is 12. The molecule has 3 aromatic carbocycles. The van der Waals surface area contributed by atoms with Gasteiger partial charge in [-0.15, -0.1) is 0 Å². The molecule has 1 aliphatic carbocycles. The number of carboxylic acids is 3. The van der Waals surface area contributed by atoms with Crippen LogP contribution in [0.4, 0.5) is 55.2 Å². The summed E-state index contributed by atoms with van der Waals surface area (Å²) in [5.74, 6) is -1.48. The largest absolute Gasteiger partial charge is 0.480 e. The Hall–Kier alpha value is -11.7. The van der Waals surface area contributed by atoms with Crippen LogP contribution >= 0.6 is 0 Å². The topological polar surface area (TPSA) is 408 Å². The predicted octanol–water partition coefficient (Wildman–Crippen LogP) is 13.9. The second-order valence-electron chi connectivity index (χ2n) is 29.1. The van der Waals surface area contributed by atoms with Gasteiger partial charge in [0.15, 0.2) is 45.1 Å². The minimum atomic E-state index is -1.12. The number of carboxylic acid groups (broad SMARTS) is 3. The van der Waals surface area contributed by atoms with Crippen molar-refractivity contribution >= 4 is 111 Å². The van der Waals surface area contributed by atoms with Gasteiger partial charge in [-0.3, -0.25) is 24.5 Å². The van der Waals surface area contributed by atoms with Crippen molar-refractivity contribution in [1.82, 2.24) is 58.6 Å². The molecule has 0 radical (unpaired) electrons. The van der Waals surface area contributed by atoms with Crippen molar-refractivity contribution < 1.29 is 72.7 Å². The maximum absolute atomic E-state index is 13.6. The van der Waals surface area contributed by atoms with Crippen LogP contribution in [0.3, 0.4) is 0 Å². The number of morpholine rings is 1. The molecule has 1 saturated heterocycles. The number of para-hydroxylation sites is 1. The number of unbranched alkanes of at least 4 members (excludes halogenated alkanes) is 4. The van der Waals surface area contributed by atoms with Gasteiger partial charge in [0.25, 0.3) is 11.6 Å². The number of imidazole rings is 3. The lowest BCUT2D eigenvalue weighted by Gasteiger charge is -2.30. The molecule has 11 rings (SSSR count). The Balaban J connectivity index is 0.000000189. The molecule has 109 heavy (non-hydrogen) atoms. The van der Waals surface area contributed by atoms with Gasteiger partial charge in [0.2, 0.25) is 17.8 Å². The molecule has 7 heterocycles. The highest BCUT2D eigenvalue weighted by Crippen LogP contribution is 2.36. The molecule has 4 N–H and O–H groups in total. The minimum Gasteiger partial charge on any atom is -0.480 e. The van der Waals surface area contributed by atoms with E-state index in [1.54, 1.807) is 41.5 Å². The Kier molecular flexibility index (Phi) is 27.4. The first-order valence-electron chi connectivity index (χ1n) is 36.4. The molecule has 0 atom stereocenters. The Labute approximate surface area is 629 Å². The molecule has 9 aromatic rings. The predicted molar refractivity (Wildman–Crippen MR) is 406 cm³/mol. The van der Waals surface area contributed by atoms with Gasteiger partial charge >= 0.3 is 36.2 Å². The lowest BCUT2D eigenvalue weighted by Crippen LogP contribution is -2.39. The van der Waals surface area contributed by atoms with Crippen molar-refractivity contribution in [3.05, 3.63) is 119 Å². The fraction of sp³-hybridized carbons (Fsp3) is 0.480. The first kappa shape index (κ1) is 81.4. The highest BCUT2D eigenvalue weighted by atomic mass is 16.6. The van der Waals surface area contributed by atoms with Crippen molar-refractivity contribution in [3.8, 4) is 11.6 Å². The van der Waals surface area contributed by atoms with E-state index < -0.39 is 64.5 Å². The fourth-order valence-corrected chi connectivity index (χ4v) is 11.8. The number of nitrogens with one attached hydrogen (secondary N) is 1. The fourth-order valence-electron chi connectivity index (χ4n) is 11.8. The van der Waals surface area contributed by atoms with Crippen LogP contribution in [0.1, 0.15) is 164 Å². The minimum absolute atomic E-state index is 0.0691. The third-order valence-electron chi connectivity index (χ3n) is 16.7. The summed E-state index contributed by atoms with van der Waals surface area (Å²) in [4.78, 5) is 131. The van der Waals surface area contributed by atoms with E-state index >= 15 is 0 Å². The quantitative estimate of drug-likeness (QED) is 0.0169. The number of carbonyl (C=O) groups excluding carboxylic acids is 3. The second kappa shape index (κ2) is 36.7. The van der Waals surface area contributed by atoms with E-state index in [0.29, 0.717) is 79.2 Å². The average Bonchev–Trinajstić information content (AvgIpc) is 1.70. The molecular formula is C75H96N18O16. The molecule has 0 bridgehead atoms. The lowest BCUT2D eigenvalue weighted by molar-refractivity contribution is -0.384. The third-order valence-corrected chi connectivity index (χ3v) is 16.7. The first-order valence-corrected chi connectivity index (χ1v) is 36.4. The van der Waals surface area contributed by atoms with Gasteiger partial charge in [-0.05, 0) is 123 Å². The summed E-state index contributed by atoms with van der Waals surface area (Å²) >= 11 is 0. The van der Waals surface area contributed by atoms with Crippen LogP contribution in [0.15, 0.2) is 97.8 Å². The normalized spacial score (nSPS) is 13.3. The molecule has 582 valence electrons. The number of anilines is 6. The Morgan fingerprint density at radius 2 is 1.05 bits per heavy atom. The molecule has 1 saturated carbocycles. The number of non-ortho nitro benzene ring substituents is 1. The van der Waals surface area contributed by atoms with E-state index in [9.17, 15) is 54.2 Å². The maximum Gasteiger partial charge on any atom is 0.417 e. The van der Waals surface area contributed by atoms with Crippen molar-refractivity contribution in [2.24, 2.45) is 0 Å². The SMILES string of the molecule is CC(C)(C)OC(=O)N(Cc1ccc(C2CCCCC2)cc1)c1nc(N2CCOCC2)c2ncn(CC(=O)O)c2n1.CCCCCN(C(=O)OC(C)(C)C)c1nc(Nc2ccccc2)c2ncn(CC(=O)O)c2n1.CCCCCN(C(=O)OC(C)(C)C)c1nc(Oc2cccc([N+](=O)[O-])c2)c2ncn(CC(=O)O)c2n1. The van der Waals surface area contributed by atoms with E-state index in [1.165, 1.54) is 109 Å². The molecule has 0 unspecified atom stereocenters. The molecule has 2 fully saturated rings. The summed E-state index contributed by atoms with van der Waals surface area (Å²) in [6.45, 7) is 22.1. The number of benzene rings is 3. The van der Waals surface area contributed by atoms with Crippen LogP contribution in [0.2, 0.25) is 0 Å². The van der Waals surface area contributed by atoms with Gasteiger partial charge in [-0.1, -0.05) is 107 Å². The number of hydrogen-bond acceptors (Lipinski definition) is 24. The van der Waals surface area contributed by atoms with Crippen molar-refractivity contribution in [2.75, 3.05) is 64.3 Å². The molecule has 6 aromatic heterocycles. The Bertz CT molecular complexity index is 4630. The average molecular weight is 1510 g/mol. The molecule has 34 nitrogen and oxygen atoms in total. The highest BCUT2D eigenvalue weighted by molar-refractivity contribution is 5.93. The zero-order valence-corrected chi connectivity index (χ0v) is 63.4. The van der Waals surface area contributed by atoms with Crippen LogP contribution in [0, 0.1) is 10.1 Å². The van der Waals surface area contributed by atoms with Crippen LogP contribution < -0.4 is 29.7 Å². The summed E-state index contributed by atoms with van der Waals surface area (Å²) in [6, 6.07) is 23.3. The smallest absolute Gasteiger partial charge is 0.417 e. The molecular weight excluding hydrogens is 1410 g/mol. The van der Waals surface area contributed by atoms with E-state index in [0.717, 1.165) is 43.4 Å². The summed E-state index contributed by atoms with van der Waals surface area (Å²) in [5.41, 5.74) is 2.40. The summed E-state index contributed by atoms with van der Waals surface area (Å²) in [6.07, 6.45) is 13.6. The van der Waals surface area contributed by atoms with Gasteiger partial charge in [-0.25, -0.2) is 44.0 Å². The van der Waals surface area contributed by atoms with Gasteiger partial charge < -0.3 is 62.9 Å². The number of ether oxygens (including phenoxy) is 5. The summed E-state index contributed by atoms with van der Waals surface area (Å²) < 4.78 is 32.4. The van der Waals surface area contributed by atoms with Crippen LogP contribution in [-0.2, 0) is 59.5 Å². The number of fused-ring (bicyclic) bond motifs is 3. The second-order valence-corrected chi connectivity index (χ2v) is 29.1. The zero-order valence-electron chi connectivity index (χ0n) is 63.4. The van der Waals surface area contributed by atoms with Gasteiger partial charge in [0.05, 0.1) is 49.7 Å². The lowest BCUT2D eigenvalue weighted by atomic mass is 9.84. The Morgan fingerprint density at radius 3 is 1.55 bits per heavy atom. The van der Waals surface area contributed by atoms with Gasteiger partial charge in [0, 0.05) is 37.9 Å². The maximum atomic E-state index is 13.6. The standard InChI is InChI=1S/C29H38N6O5.C23H28N6O7.C23H30N6O4/c1-29(2,3)40-28(38)35(17-20-9-11-22(12-10-20)21-7-5-4-6-8-21)27-31-25(33-13-15-39-16-14-33)24-26(32-27)34(19-30-24)18-23(36)37;1-5-6-7-11-28(22(32)36-23(2,3)4)21-25-19-18(24-14-27(19)13-17(30)31)20(26-21)35-16-10-8-9-15(12-16)29(33)34;1-5-6-10-13-29(22(32)33-23(2,3)4)21-26-19(25-16-11-8-7-9-12-16)18-20(27-21)28(15-24-18)14-17(30)31/h9-12,19,21H,4-8,13-18H2,1-3H3,(H,36,37);8-10,12,14H,5-7,11,13H2,1-4H3,(H,30,31);7-9,11-12,15H,5-6,10,13-14H2,1-4H3,(H,30,31)(H,25,26,27). The van der Waals surface area contributed by atoms with Gasteiger partial charge in [0.1, 0.15) is 42.2 Å². The number of carbonyl (C=O) groups is 6. The number of hydrogen-bond donors (Lipinski definition) is 4. The van der Waals surface area contributed by atoms with Crippen LogP contribution in [0.5, 0.6) is 11.6 Å². The molecule has 1 aliphatic heterocycles. The number of aliphatic carboxylic acids is 3. The summed E-state index contributed by atoms with van der Waals surface area (Å²) in [5, 5.41) is 42.4. The highest BCUT2D eigenvalue weighted by Gasteiger charge is 2.33. The third kappa shape index (κ3) is 23.2. The zero-order chi connectivity index (χ0) is 78.7. The van der Waals surface area contributed by atoms with Gasteiger partial charge in [-0.2, -0.15) is 29.9 Å². The van der Waals surface area contributed by atoms with E-state index in [-0.39, 0.29) is 72.5 Å². The Morgan fingerprint density at radius 1 is 0.569 bits per heavy atom. The van der Waals surface area contributed by atoms with Crippen molar-refractivity contribution in [3.63, 3.8) is 0 Å². The van der Waals surface area contributed by atoms with Crippen LogP contribution in [0.25, 0.3) is 33.5 Å². The molecule has 3 amide bonds. The van der Waals surface area contributed by atoms with Crippen LogP contribution in [-0.4, -0.2) is 171 Å². The van der Waals surface area contributed by atoms with Crippen molar-refractivity contribution in [2.45, 2.75) is 196 Å². The molecule has 34 heteroatoms. The number of nitro groups is 1. The monoisotopic (exact) mass is 1500 g/mol. The number of nitrogens with zero attached hydrogens (tertiary/aromatic N) is 17. The van der Waals surface area contributed by atoms with E-state index in [2.05, 4.69) is 76.4 Å². The molecule has 2 aliphatic rings. The van der Waals surface area contributed by atoms with Crippen molar-refractivity contribution in [1.29, 1.82) is 0 Å². The number of rotatable bonds is 26.